The molecule has 0 spiro atoms. The molecule has 184 valence electrons. The van der Waals surface area contributed by atoms with Crippen molar-refractivity contribution in [3.63, 3.8) is 0 Å². The Morgan fingerprint density at radius 3 is 2.38 bits per heavy atom. The fraction of sp³-hybridized carbons (Fsp3) is 0.273. The summed E-state index contributed by atoms with van der Waals surface area (Å²) in [5.41, 5.74) is 0.524. The first kappa shape index (κ1) is 27.5. The third kappa shape index (κ3) is 5.82. The van der Waals surface area contributed by atoms with E-state index in [0.717, 1.165) is 0 Å². The number of carbonyl (C=O) groups is 1. The van der Waals surface area contributed by atoms with Crippen LogP contribution in [-0.4, -0.2) is 55.8 Å². The molecule has 1 heterocycles. The van der Waals surface area contributed by atoms with E-state index in [1.165, 1.54) is 22.9 Å². The fourth-order valence-corrected chi connectivity index (χ4v) is 4.86. The number of nitrogens with zero attached hydrogens (tertiary/aromatic N) is 3. The summed E-state index contributed by atoms with van der Waals surface area (Å²) >= 11 is 6.16. The van der Waals surface area contributed by atoms with Crippen LogP contribution in [0, 0.1) is 6.92 Å². The lowest BCUT2D eigenvalue weighted by Gasteiger charge is -2.12. The number of benzene rings is 2. The molecule has 0 fully saturated rings. The number of hydrogen-bond acceptors (Lipinski definition) is 5. The summed E-state index contributed by atoms with van der Waals surface area (Å²) in [6, 6.07) is 12.9. The predicted molar refractivity (Wildman–Crippen MR) is 136 cm³/mol. The van der Waals surface area contributed by atoms with Crippen LogP contribution in [0.5, 0.6) is 0 Å². The Balaban J connectivity index is 0.00000408. The van der Waals surface area contributed by atoms with Gasteiger partial charge in [0, 0.05) is 25.7 Å². The quantitative estimate of drug-likeness (QED) is 0.468. The first-order valence-corrected chi connectivity index (χ1v) is 12.0. The number of likely N-dealkylation sites (N-methyl/N-ethyl adjacent to an activating group) is 1. The highest BCUT2D eigenvalue weighted by atomic mass is 35.5. The van der Waals surface area contributed by atoms with Gasteiger partial charge in [0.1, 0.15) is 10.6 Å². The van der Waals surface area contributed by atoms with Gasteiger partial charge in [-0.2, -0.15) is 0 Å². The summed E-state index contributed by atoms with van der Waals surface area (Å²) in [4.78, 5) is 27.1. The molecular weight excluding hydrogens is 501 g/mol. The molecule has 3 rings (SSSR count). The van der Waals surface area contributed by atoms with Crippen molar-refractivity contribution in [3.05, 3.63) is 75.2 Å². The van der Waals surface area contributed by atoms with Gasteiger partial charge in [0.25, 0.3) is 21.5 Å². The van der Waals surface area contributed by atoms with E-state index in [9.17, 15) is 18.0 Å². The van der Waals surface area contributed by atoms with Gasteiger partial charge in [-0.25, -0.2) is 13.1 Å². The van der Waals surface area contributed by atoms with E-state index in [-0.39, 0.29) is 33.6 Å². The van der Waals surface area contributed by atoms with Crippen molar-refractivity contribution >= 4 is 45.6 Å². The van der Waals surface area contributed by atoms with Crippen LogP contribution in [0.1, 0.15) is 16.1 Å². The van der Waals surface area contributed by atoms with Crippen LogP contribution in [0.25, 0.3) is 5.69 Å². The number of para-hydroxylation sites is 1. The molecule has 0 atom stereocenters. The summed E-state index contributed by atoms with van der Waals surface area (Å²) in [6.07, 6.45) is 0. The van der Waals surface area contributed by atoms with Crippen LogP contribution in [0.3, 0.4) is 0 Å². The molecule has 0 saturated carbocycles. The molecule has 2 aromatic carbocycles. The lowest BCUT2D eigenvalue weighted by Crippen LogP contribution is -2.31. The highest BCUT2D eigenvalue weighted by Gasteiger charge is 2.25. The molecule has 0 aliphatic rings. The van der Waals surface area contributed by atoms with Crippen molar-refractivity contribution in [1.82, 2.24) is 19.6 Å². The number of aromatic nitrogens is 2. The molecule has 3 aromatic rings. The molecule has 0 aliphatic heterocycles. The lowest BCUT2D eigenvalue weighted by atomic mass is 10.2. The highest BCUT2D eigenvalue weighted by Crippen LogP contribution is 2.26. The van der Waals surface area contributed by atoms with Gasteiger partial charge in [-0.1, -0.05) is 29.8 Å². The Kier molecular flexibility index (Phi) is 8.96. The van der Waals surface area contributed by atoms with E-state index >= 15 is 0 Å². The molecular formula is C22H27Cl2N5O4S. The second kappa shape index (κ2) is 11.1. The van der Waals surface area contributed by atoms with Gasteiger partial charge in [0.2, 0.25) is 0 Å². The number of anilines is 1. The number of carbonyl (C=O) groups excluding carboxylic acids is 1. The van der Waals surface area contributed by atoms with E-state index < -0.39 is 21.5 Å². The third-order valence-electron chi connectivity index (χ3n) is 5.12. The van der Waals surface area contributed by atoms with Gasteiger partial charge in [-0.15, -0.1) is 12.4 Å². The molecule has 34 heavy (non-hydrogen) atoms. The standard InChI is InChI=1S/C22H26ClN5O4S.ClH/c1-15-20(22(30)28(27(15)4)17-8-6-5-7-9-17)25-33(31,32)19-14-16(10-11-18(19)23)21(29)24-12-13-26(2)3;/h5-11,14,25H,12-13H2,1-4H3,(H,24,29);1H. The van der Waals surface area contributed by atoms with Crippen molar-refractivity contribution < 1.29 is 13.2 Å². The Bertz CT molecular complexity index is 1340. The Morgan fingerprint density at radius 2 is 1.76 bits per heavy atom. The summed E-state index contributed by atoms with van der Waals surface area (Å²) in [7, 11) is 1.15. The minimum Gasteiger partial charge on any atom is -0.351 e. The summed E-state index contributed by atoms with van der Waals surface area (Å²) < 4.78 is 31.6. The third-order valence-corrected chi connectivity index (χ3v) is 6.95. The van der Waals surface area contributed by atoms with Crippen molar-refractivity contribution in [2.45, 2.75) is 11.8 Å². The maximum atomic E-state index is 13.2. The van der Waals surface area contributed by atoms with E-state index in [1.54, 1.807) is 42.9 Å². The van der Waals surface area contributed by atoms with Gasteiger partial charge < -0.3 is 10.2 Å². The topological polar surface area (TPSA) is 105 Å². The molecule has 12 heteroatoms. The van der Waals surface area contributed by atoms with E-state index in [2.05, 4.69) is 10.0 Å². The van der Waals surface area contributed by atoms with Crippen molar-refractivity contribution in [2.24, 2.45) is 7.05 Å². The minimum absolute atomic E-state index is 0. The smallest absolute Gasteiger partial charge is 0.296 e. The number of amides is 1. The average molecular weight is 528 g/mol. The Hall–Kier alpha value is -2.79. The van der Waals surface area contributed by atoms with E-state index in [4.69, 9.17) is 11.6 Å². The van der Waals surface area contributed by atoms with E-state index in [0.29, 0.717) is 24.5 Å². The van der Waals surface area contributed by atoms with Crippen LogP contribution in [0.15, 0.2) is 58.2 Å². The van der Waals surface area contributed by atoms with Gasteiger partial charge in [0.15, 0.2) is 0 Å². The maximum Gasteiger partial charge on any atom is 0.296 e. The zero-order valence-corrected chi connectivity index (χ0v) is 21.6. The van der Waals surface area contributed by atoms with Gasteiger partial charge in [-0.05, 0) is 51.4 Å². The van der Waals surface area contributed by atoms with Crippen molar-refractivity contribution in [3.8, 4) is 5.69 Å². The minimum atomic E-state index is -4.26. The maximum absolute atomic E-state index is 13.2. The molecule has 0 aliphatic carbocycles. The number of nitrogens with one attached hydrogen (secondary N) is 2. The molecule has 0 unspecified atom stereocenters. The van der Waals surface area contributed by atoms with Gasteiger partial charge in [0.05, 0.1) is 16.4 Å². The van der Waals surface area contributed by atoms with Crippen LogP contribution in [-0.2, 0) is 17.1 Å². The summed E-state index contributed by atoms with van der Waals surface area (Å²) in [5, 5.41) is 2.66. The van der Waals surface area contributed by atoms with Crippen LogP contribution in [0.2, 0.25) is 5.02 Å². The second-order valence-corrected chi connectivity index (χ2v) is 9.80. The van der Waals surface area contributed by atoms with Crippen molar-refractivity contribution in [1.29, 1.82) is 0 Å². The fourth-order valence-electron chi connectivity index (χ4n) is 3.22. The predicted octanol–water partition coefficient (Wildman–Crippen LogP) is 2.65. The SMILES string of the molecule is Cc1c(NS(=O)(=O)c2cc(C(=O)NCCN(C)C)ccc2Cl)c(=O)n(-c2ccccc2)n1C.Cl. The number of halogens is 2. The first-order chi connectivity index (χ1) is 15.5. The van der Waals surface area contributed by atoms with Crippen LogP contribution >= 0.6 is 24.0 Å². The highest BCUT2D eigenvalue weighted by molar-refractivity contribution is 7.92. The van der Waals surface area contributed by atoms with Crippen molar-refractivity contribution in [2.75, 3.05) is 31.9 Å². The van der Waals surface area contributed by atoms with Gasteiger partial charge in [-0.3, -0.25) is 19.0 Å². The number of sulfonamides is 1. The van der Waals surface area contributed by atoms with Crippen LogP contribution < -0.4 is 15.6 Å². The Labute approximate surface area is 209 Å². The van der Waals surface area contributed by atoms with Gasteiger partial charge >= 0.3 is 0 Å². The number of rotatable bonds is 8. The van der Waals surface area contributed by atoms with Crippen LogP contribution in [0.4, 0.5) is 5.69 Å². The molecule has 2 N–H and O–H groups in total. The first-order valence-electron chi connectivity index (χ1n) is 10.1. The normalized spacial score (nSPS) is 11.2. The molecule has 9 nitrogen and oxygen atoms in total. The largest absolute Gasteiger partial charge is 0.351 e. The molecule has 0 saturated heterocycles. The monoisotopic (exact) mass is 527 g/mol. The molecule has 1 aromatic heterocycles. The summed E-state index contributed by atoms with van der Waals surface area (Å²) in [5.74, 6) is -0.424. The zero-order chi connectivity index (χ0) is 24.3. The Morgan fingerprint density at radius 1 is 1.12 bits per heavy atom. The molecule has 1 amide bonds. The van der Waals surface area contributed by atoms with E-state index in [1.807, 2.05) is 25.1 Å². The number of hydrogen-bond donors (Lipinski definition) is 2. The molecule has 0 bridgehead atoms. The molecule has 0 radical (unpaired) electrons. The summed E-state index contributed by atoms with van der Waals surface area (Å²) in [6.45, 7) is 2.67. The zero-order valence-electron chi connectivity index (χ0n) is 19.2. The lowest BCUT2D eigenvalue weighted by molar-refractivity contribution is 0.0951. The second-order valence-electron chi connectivity index (χ2n) is 7.75. The average Bonchev–Trinajstić information content (AvgIpc) is 2.97.